The van der Waals surface area contributed by atoms with Crippen molar-refractivity contribution in [3.63, 3.8) is 0 Å². The van der Waals surface area contributed by atoms with Crippen LogP contribution >= 0.6 is 0 Å². The summed E-state index contributed by atoms with van der Waals surface area (Å²) in [7, 11) is 0. The molecule has 0 aliphatic rings. The Kier molecular flexibility index (Phi) is 3.45. The lowest BCUT2D eigenvalue weighted by atomic mass is 10.1. The van der Waals surface area contributed by atoms with Crippen LogP contribution in [0.4, 0.5) is 0 Å². The van der Waals surface area contributed by atoms with Gasteiger partial charge in [-0.1, -0.05) is 35.9 Å². The summed E-state index contributed by atoms with van der Waals surface area (Å²) in [5, 5.41) is 0. The first-order valence-corrected chi connectivity index (χ1v) is 8.14. The molecule has 0 amide bonds. The zero-order valence-corrected chi connectivity index (χ0v) is 14.2. The van der Waals surface area contributed by atoms with Crippen LogP contribution in [-0.2, 0) is 6.54 Å². The molecule has 0 spiro atoms. The van der Waals surface area contributed by atoms with E-state index in [1.54, 1.807) is 0 Å². The number of imidazole rings is 2. The Hall–Kier alpha value is -2.88. The number of pyridine rings is 1. The second-order valence-corrected chi connectivity index (χ2v) is 6.31. The Bertz CT molecular complexity index is 1010. The monoisotopic (exact) mass is 316 g/mol. The molecule has 0 radical (unpaired) electrons. The summed E-state index contributed by atoms with van der Waals surface area (Å²) >= 11 is 0. The van der Waals surface area contributed by atoms with Crippen molar-refractivity contribution in [2.24, 2.45) is 0 Å². The van der Waals surface area contributed by atoms with E-state index in [0.29, 0.717) is 0 Å². The number of hydrogen-bond donors (Lipinski definition) is 0. The van der Waals surface area contributed by atoms with Crippen LogP contribution in [0.25, 0.3) is 16.9 Å². The summed E-state index contributed by atoms with van der Waals surface area (Å²) in [6, 6.07) is 12.8. The van der Waals surface area contributed by atoms with Crippen molar-refractivity contribution in [3.05, 3.63) is 77.6 Å². The quantitative estimate of drug-likeness (QED) is 0.568. The topological polar surface area (TPSA) is 35.1 Å². The number of hydrogen-bond acceptors (Lipinski definition) is 2. The molecule has 0 atom stereocenters. The molecule has 0 N–H and O–H groups in total. The van der Waals surface area contributed by atoms with Gasteiger partial charge in [0.1, 0.15) is 11.5 Å². The van der Waals surface area contributed by atoms with Crippen LogP contribution in [0, 0.1) is 20.8 Å². The second kappa shape index (κ2) is 5.64. The average molecular weight is 316 g/mol. The average Bonchev–Trinajstić information content (AvgIpc) is 3.13. The number of rotatable bonds is 3. The molecule has 3 aromatic heterocycles. The summed E-state index contributed by atoms with van der Waals surface area (Å²) in [5.41, 5.74) is 6.82. The SMILES string of the molecule is Cc1ccc(-c2nc3ccc(C)cn3c2Cn2ccnc2C)cc1. The zero-order valence-electron chi connectivity index (χ0n) is 14.2. The van der Waals surface area contributed by atoms with E-state index in [0.717, 1.165) is 29.3 Å². The van der Waals surface area contributed by atoms with Gasteiger partial charge in [0.05, 0.1) is 17.9 Å². The molecule has 4 heteroatoms. The third-order valence-corrected chi connectivity index (χ3v) is 4.43. The number of fused-ring (bicyclic) bond motifs is 1. The molecular formula is C20H20N4. The summed E-state index contributed by atoms with van der Waals surface area (Å²) in [6.45, 7) is 6.99. The molecule has 24 heavy (non-hydrogen) atoms. The smallest absolute Gasteiger partial charge is 0.137 e. The zero-order chi connectivity index (χ0) is 16.7. The summed E-state index contributed by atoms with van der Waals surface area (Å²) < 4.78 is 4.35. The Morgan fingerprint density at radius 3 is 2.38 bits per heavy atom. The third-order valence-electron chi connectivity index (χ3n) is 4.43. The molecule has 4 aromatic rings. The Morgan fingerprint density at radius 1 is 0.917 bits per heavy atom. The molecule has 3 heterocycles. The predicted octanol–water partition coefficient (Wildman–Crippen LogP) is 4.17. The van der Waals surface area contributed by atoms with Crippen molar-refractivity contribution in [3.8, 4) is 11.3 Å². The Morgan fingerprint density at radius 2 is 1.67 bits per heavy atom. The lowest BCUT2D eigenvalue weighted by Crippen LogP contribution is -2.05. The van der Waals surface area contributed by atoms with E-state index in [4.69, 9.17) is 4.98 Å². The van der Waals surface area contributed by atoms with Gasteiger partial charge in [0, 0.05) is 24.2 Å². The summed E-state index contributed by atoms with van der Waals surface area (Å²) in [5.74, 6) is 1.01. The number of benzene rings is 1. The van der Waals surface area contributed by atoms with Gasteiger partial charge in [-0.05, 0) is 32.4 Å². The van der Waals surface area contributed by atoms with E-state index in [1.807, 2.05) is 19.3 Å². The first kappa shape index (κ1) is 14.7. The fourth-order valence-electron chi connectivity index (χ4n) is 3.03. The predicted molar refractivity (Wildman–Crippen MR) is 96.2 cm³/mol. The van der Waals surface area contributed by atoms with Crippen LogP contribution < -0.4 is 0 Å². The number of nitrogens with zero attached hydrogens (tertiary/aromatic N) is 4. The minimum Gasteiger partial charge on any atom is -0.329 e. The lowest BCUT2D eigenvalue weighted by Gasteiger charge is -2.09. The molecular weight excluding hydrogens is 296 g/mol. The lowest BCUT2D eigenvalue weighted by molar-refractivity contribution is 0.737. The number of aromatic nitrogens is 4. The number of aryl methyl sites for hydroxylation is 3. The second-order valence-electron chi connectivity index (χ2n) is 6.31. The van der Waals surface area contributed by atoms with Crippen molar-refractivity contribution in [2.45, 2.75) is 27.3 Å². The van der Waals surface area contributed by atoms with Gasteiger partial charge in [-0.25, -0.2) is 9.97 Å². The van der Waals surface area contributed by atoms with Gasteiger partial charge in [-0.3, -0.25) is 0 Å². The van der Waals surface area contributed by atoms with E-state index >= 15 is 0 Å². The molecule has 0 unspecified atom stereocenters. The fraction of sp³-hybridized carbons (Fsp3) is 0.200. The van der Waals surface area contributed by atoms with Gasteiger partial charge in [0.25, 0.3) is 0 Å². The van der Waals surface area contributed by atoms with Crippen LogP contribution in [0.15, 0.2) is 55.0 Å². The van der Waals surface area contributed by atoms with Crippen LogP contribution in [0.5, 0.6) is 0 Å². The molecule has 0 bridgehead atoms. The summed E-state index contributed by atoms with van der Waals surface area (Å²) in [4.78, 5) is 9.24. The standard InChI is InChI=1S/C20H20N4/c1-14-4-7-17(8-5-14)20-18(13-23-11-10-21-16(23)3)24-12-15(2)6-9-19(24)22-20/h4-12H,13H2,1-3H3. The highest BCUT2D eigenvalue weighted by Gasteiger charge is 2.15. The maximum absolute atomic E-state index is 4.89. The molecule has 0 aliphatic carbocycles. The van der Waals surface area contributed by atoms with E-state index in [-0.39, 0.29) is 0 Å². The van der Waals surface area contributed by atoms with Gasteiger partial charge in [0.15, 0.2) is 0 Å². The largest absolute Gasteiger partial charge is 0.329 e. The molecule has 120 valence electrons. The van der Waals surface area contributed by atoms with E-state index in [2.05, 4.69) is 70.4 Å². The van der Waals surface area contributed by atoms with Gasteiger partial charge >= 0.3 is 0 Å². The van der Waals surface area contributed by atoms with Crippen molar-refractivity contribution in [2.75, 3.05) is 0 Å². The molecule has 0 fully saturated rings. The molecule has 1 aromatic carbocycles. The Balaban J connectivity index is 1.93. The van der Waals surface area contributed by atoms with Crippen molar-refractivity contribution >= 4 is 5.65 Å². The van der Waals surface area contributed by atoms with Gasteiger partial charge in [0.2, 0.25) is 0 Å². The van der Waals surface area contributed by atoms with Gasteiger partial charge < -0.3 is 8.97 Å². The molecule has 4 nitrogen and oxygen atoms in total. The molecule has 0 saturated heterocycles. The highest BCUT2D eigenvalue weighted by atomic mass is 15.1. The Labute approximate surface area is 141 Å². The fourth-order valence-corrected chi connectivity index (χ4v) is 3.03. The maximum Gasteiger partial charge on any atom is 0.137 e. The van der Waals surface area contributed by atoms with Crippen molar-refractivity contribution in [1.82, 2.24) is 18.9 Å². The summed E-state index contributed by atoms with van der Waals surface area (Å²) in [6.07, 6.45) is 6.01. The third kappa shape index (κ3) is 2.50. The van der Waals surface area contributed by atoms with Crippen LogP contribution in [0.1, 0.15) is 22.6 Å². The van der Waals surface area contributed by atoms with E-state index < -0.39 is 0 Å². The van der Waals surface area contributed by atoms with E-state index in [9.17, 15) is 0 Å². The minimum absolute atomic E-state index is 0.750. The van der Waals surface area contributed by atoms with Crippen LogP contribution in [-0.4, -0.2) is 18.9 Å². The highest BCUT2D eigenvalue weighted by Crippen LogP contribution is 2.26. The molecule has 0 aliphatic heterocycles. The van der Waals surface area contributed by atoms with Crippen molar-refractivity contribution in [1.29, 1.82) is 0 Å². The van der Waals surface area contributed by atoms with E-state index in [1.165, 1.54) is 16.8 Å². The highest BCUT2D eigenvalue weighted by molar-refractivity contribution is 5.67. The van der Waals surface area contributed by atoms with Crippen molar-refractivity contribution < 1.29 is 0 Å². The maximum atomic E-state index is 4.89. The minimum atomic E-state index is 0.750. The van der Waals surface area contributed by atoms with Gasteiger partial charge in [-0.15, -0.1) is 0 Å². The normalized spacial score (nSPS) is 11.3. The van der Waals surface area contributed by atoms with Crippen LogP contribution in [0.3, 0.4) is 0 Å². The first-order valence-electron chi connectivity index (χ1n) is 8.14. The van der Waals surface area contributed by atoms with Crippen LogP contribution in [0.2, 0.25) is 0 Å². The van der Waals surface area contributed by atoms with Gasteiger partial charge in [-0.2, -0.15) is 0 Å². The molecule has 0 saturated carbocycles. The molecule has 4 rings (SSSR count). The first-order chi connectivity index (χ1) is 11.6.